The number of aliphatic carboxylic acids is 1. The van der Waals surface area contributed by atoms with Gasteiger partial charge in [0, 0.05) is 15.1 Å². The van der Waals surface area contributed by atoms with Gasteiger partial charge in [0.2, 0.25) is 0 Å². The molecule has 0 atom stereocenters. The number of benzene rings is 1. The Balaban J connectivity index is 3.04. The topological polar surface area (TPSA) is 66.4 Å². The predicted molar refractivity (Wildman–Crippen MR) is 83.0 cm³/mol. The number of rotatable bonds is 4. The Hall–Kier alpha value is -1.37. The molecule has 0 amide bonds. The Morgan fingerprint density at radius 3 is 2.32 bits per heavy atom. The van der Waals surface area contributed by atoms with E-state index < -0.39 is 11.4 Å². The molecule has 0 aromatic heterocycles. The van der Waals surface area contributed by atoms with Crippen LogP contribution in [0.3, 0.4) is 0 Å². The first-order valence-electron chi connectivity index (χ1n) is 5.73. The van der Waals surface area contributed by atoms with Gasteiger partial charge in [-0.3, -0.25) is 4.79 Å². The van der Waals surface area contributed by atoms with Crippen LogP contribution in [0.5, 0.6) is 0 Å². The zero-order valence-electron chi connectivity index (χ0n) is 11.0. The molecule has 0 heterocycles. The second-order valence-corrected chi connectivity index (χ2v) is 6.24. The average molecular weight is 373 g/mol. The Bertz CT molecular complexity index is 530. The molecule has 0 aliphatic carbocycles. The lowest BCUT2D eigenvalue weighted by Gasteiger charge is -2.15. The van der Waals surface area contributed by atoms with Gasteiger partial charge in [-0.2, -0.15) is 0 Å². The van der Waals surface area contributed by atoms with Gasteiger partial charge in [0.05, 0.1) is 5.69 Å². The number of para-hydroxylation sites is 1. The third kappa shape index (κ3) is 4.66. The van der Waals surface area contributed by atoms with Crippen molar-refractivity contribution >= 4 is 40.0 Å². The fourth-order valence-electron chi connectivity index (χ4n) is 1.21. The number of carbonyl (C=O) groups is 2. The Morgan fingerprint density at radius 2 is 1.84 bits per heavy atom. The molecule has 2 N–H and O–H groups in total. The summed E-state index contributed by atoms with van der Waals surface area (Å²) in [6.07, 6.45) is 1.14. The van der Waals surface area contributed by atoms with Gasteiger partial charge in [-0.25, -0.2) is 4.79 Å². The summed E-state index contributed by atoms with van der Waals surface area (Å²) in [5, 5.41) is 11.9. The molecule has 0 saturated heterocycles. The maximum atomic E-state index is 11.9. The molecular weight excluding hydrogens is 357 g/mol. The number of anilines is 1. The number of nitrogens with one attached hydrogen (secondary N) is 1. The number of allylic oxidation sites excluding steroid dienone is 1. The number of hydrogen-bond acceptors (Lipinski definition) is 3. The Kier molecular flexibility index (Phi) is 5.11. The van der Waals surface area contributed by atoms with Gasteiger partial charge in [-0.05, 0) is 34.7 Å². The largest absolute Gasteiger partial charge is 0.477 e. The third-order valence-electron chi connectivity index (χ3n) is 2.39. The molecule has 19 heavy (non-hydrogen) atoms. The summed E-state index contributed by atoms with van der Waals surface area (Å²) in [5.74, 6) is -1.39. The highest BCUT2D eigenvalue weighted by Crippen LogP contribution is 2.21. The summed E-state index contributed by atoms with van der Waals surface area (Å²) >= 11 is 2.10. The highest BCUT2D eigenvalue weighted by Gasteiger charge is 2.21. The van der Waals surface area contributed by atoms with Crippen LogP contribution in [-0.4, -0.2) is 16.9 Å². The van der Waals surface area contributed by atoms with Gasteiger partial charge in [-0.15, -0.1) is 0 Å². The van der Waals surface area contributed by atoms with Crippen molar-refractivity contribution in [2.45, 2.75) is 20.8 Å². The number of hydrogen-bond donors (Lipinski definition) is 2. The molecular formula is C14H16INO3. The number of carboxylic acids is 1. The highest BCUT2D eigenvalue weighted by atomic mass is 127. The summed E-state index contributed by atoms with van der Waals surface area (Å²) in [6, 6.07) is 7.28. The lowest BCUT2D eigenvalue weighted by atomic mass is 9.90. The standard InChI is InChI=1S/C14H16INO3/c1-14(2,3)12(17)8-11(13(18)19)16-10-7-5-4-6-9(10)15/h4-8,16H,1-3H3,(H,18,19). The van der Waals surface area contributed by atoms with E-state index in [0.29, 0.717) is 5.69 Å². The zero-order valence-corrected chi connectivity index (χ0v) is 13.2. The van der Waals surface area contributed by atoms with Crippen LogP contribution in [0.15, 0.2) is 36.0 Å². The molecule has 0 saturated carbocycles. The van der Waals surface area contributed by atoms with E-state index in [1.807, 2.05) is 12.1 Å². The van der Waals surface area contributed by atoms with E-state index in [9.17, 15) is 9.59 Å². The molecule has 1 aromatic rings. The molecule has 4 nitrogen and oxygen atoms in total. The van der Waals surface area contributed by atoms with Crippen molar-refractivity contribution in [2.75, 3.05) is 5.32 Å². The predicted octanol–water partition coefficient (Wildman–Crippen LogP) is 3.29. The minimum absolute atomic E-state index is 0.121. The summed E-state index contributed by atoms with van der Waals surface area (Å²) in [4.78, 5) is 23.1. The second kappa shape index (κ2) is 6.18. The molecule has 0 spiro atoms. The molecule has 0 bridgehead atoms. The van der Waals surface area contributed by atoms with E-state index in [1.54, 1.807) is 32.9 Å². The summed E-state index contributed by atoms with van der Waals surface area (Å²) < 4.78 is 0.885. The van der Waals surface area contributed by atoms with Gasteiger partial charge in [-0.1, -0.05) is 32.9 Å². The quantitative estimate of drug-likeness (QED) is 0.628. The zero-order chi connectivity index (χ0) is 14.6. The molecule has 1 aromatic carbocycles. The summed E-state index contributed by atoms with van der Waals surface area (Å²) in [7, 11) is 0. The molecule has 0 radical (unpaired) electrons. The monoisotopic (exact) mass is 373 g/mol. The van der Waals surface area contributed by atoms with Crippen LogP contribution in [0, 0.1) is 8.99 Å². The summed E-state index contributed by atoms with van der Waals surface area (Å²) in [6.45, 7) is 5.24. The van der Waals surface area contributed by atoms with Crippen LogP contribution in [0.25, 0.3) is 0 Å². The van der Waals surface area contributed by atoms with Crippen LogP contribution in [0.2, 0.25) is 0 Å². The number of ketones is 1. The molecule has 1 rings (SSSR count). The van der Waals surface area contributed by atoms with Crippen LogP contribution < -0.4 is 5.32 Å². The molecule has 0 fully saturated rings. The van der Waals surface area contributed by atoms with E-state index in [1.165, 1.54) is 0 Å². The van der Waals surface area contributed by atoms with Gasteiger partial charge in [0.25, 0.3) is 0 Å². The maximum Gasteiger partial charge on any atom is 0.352 e. The highest BCUT2D eigenvalue weighted by molar-refractivity contribution is 14.1. The van der Waals surface area contributed by atoms with Gasteiger partial charge < -0.3 is 10.4 Å². The van der Waals surface area contributed by atoms with Crippen molar-refractivity contribution in [3.05, 3.63) is 39.6 Å². The van der Waals surface area contributed by atoms with E-state index in [0.717, 1.165) is 9.65 Å². The van der Waals surface area contributed by atoms with Gasteiger partial charge in [0.1, 0.15) is 5.70 Å². The van der Waals surface area contributed by atoms with Crippen molar-refractivity contribution in [2.24, 2.45) is 5.41 Å². The molecule has 0 unspecified atom stereocenters. The Morgan fingerprint density at radius 1 is 1.26 bits per heavy atom. The number of carboxylic acid groups (broad SMARTS) is 1. The molecule has 0 aliphatic heterocycles. The number of carbonyl (C=O) groups excluding carboxylic acids is 1. The normalized spacial score (nSPS) is 12.1. The van der Waals surface area contributed by atoms with Crippen LogP contribution in [0.1, 0.15) is 20.8 Å². The SMILES string of the molecule is CC(C)(C)C(=O)C=C(Nc1ccccc1I)C(=O)O. The van der Waals surface area contributed by atoms with Crippen molar-refractivity contribution in [3.63, 3.8) is 0 Å². The fraction of sp³-hybridized carbons (Fsp3) is 0.286. The van der Waals surface area contributed by atoms with Gasteiger partial charge >= 0.3 is 5.97 Å². The van der Waals surface area contributed by atoms with Crippen LogP contribution in [-0.2, 0) is 9.59 Å². The van der Waals surface area contributed by atoms with Crippen LogP contribution in [0.4, 0.5) is 5.69 Å². The molecule has 102 valence electrons. The van der Waals surface area contributed by atoms with Crippen molar-refractivity contribution in [3.8, 4) is 0 Å². The summed E-state index contributed by atoms with van der Waals surface area (Å²) in [5.41, 5.74) is -0.0610. The Labute approximate surface area is 126 Å². The van der Waals surface area contributed by atoms with E-state index >= 15 is 0 Å². The lowest BCUT2D eigenvalue weighted by Crippen LogP contribution is -2.21. The van der Waals surface area contributed by atoms with Crippen molar-refractivity contribution in [1.29, 1.82) is 0 Å². The van der Waals surface area contributed by atoms with E-state index in [-0.39, 0.29) is 11.5 Å². The first-order valence-corrected chi connectivity index (χ1v) is 6.80. The van der Waals surface area contributed by atoms with Crippen LogP contribution >= 0.6 is 22.6 Å². The second-order valence-electron chi connectivity index (χ2n) is 5.08. The molecule has 5 heteroatoms. The average Bonchev–Trinajstić information content (AvgIpc) is 2.29. The first kappa shape index (κ1) is 15.7. The minimum Gasteiger partial charge on any atom is -0.477 e. The van der Waals surface area contributed by atoms with Crippen molar-refractivity contribution in [1.82, 2.24) is 0 Å². The lowest BCUT2D eigenvalue weighted by molar-refractivity contribution is -0.133. The van der Waals surface area contributed by atoms with Crippen molar-refractivity contribution < 1.29 is 14.7 Å². The fourth-order valence-corrected chi connectivity index (χ4v) is 1.73. The van der Waals surface area contributed by atoms with Gasteiger partial charge in [0.15, 0.2) is 5.78 Å². The van der Waals surface area contributed by atoms with E-state index in [4.69, 9.17) is 5.11 Å². The number of halogens is 1. The smallest absolute Gasteiger partial charge is 0.352 e. The first-order chi connectivity index (χ1) is 8.71. The molecule has 0 aliphatic rings. The minimum atomic E-state index is -1.16. The third-order valence-corrected chi connectivity index (χ3v) is 3.33. The maximum absolute atomic E-state index is 11.9. The van der Waals surface area contributed by atoms with E-state index in [2.05, 4.69) is 27.9 Å².